The number of nitrogens with one attached hydrogen (secondary N) is 2. The topological polar surface area (TPSA) is 106 Å². The molecular weight excluding hydrogens is 300 g/mol. The van der Waals surface area contributed by atoms with Gasteiger partial charge < -0.3 is 15.4 Å². The highest BCUT2D eigenvalue weighted by Gasteiger charge is 2.11. The molecule has 2 rings (SSSR count). The van der Waals surface area contributed by atoms with Crippen LogP contribution in [-0.2, 0) is 11.3 Å². The van der Waals surface area contributed by atoms with E-state index in [0.29, 0.717) is 17.9 Å². The second kappa shape index (κ2) is 7.21. The molecule has 0 aliphatic heterocycles. The van der Waals surface area contributed by atoms with E-state index in [1.54, 1.807) is 13.0 Å². The van der Waals surface area contributed by atoms with Crippen molar-refractivity contribution in [3.63, 3.8) is 0 Å². The van der Waals surface area contributed by atoms with Gasteiger partial charge in [0.2, 0.25) is 0 Å². The van der Waals surface area contributed by atoms with Gasteiger partial charge in [-0.15, -0.1) is 0 Å². The lowest BCUT2D eigenvalue weighted by Crippen LogP contribution is -2.22. The van der Waals surface area contributed by atoms with Crippen LogP contribution in [0.5, 0.6) is 0 Å². The number of hydrogen-bond acceptors (Lipinski definition) is 6. The van der Waals surface area contributed by atoms with E-state index in [4.69, 9.17) is 0 Å². The lowest BCUT2D eigenvalue weighted by Gasteiger charge is -2.08. The summed E-state index contributed by atoms with van der Waals surface area (Å²) in [6.07, 6.45) is 0.740. The average molecular weight is 316 g/mol. The molecule has 1 aromatic heterocycles. The van der Waals surface area contributed by atoms with E-state index in [1.807, 2.05) is 24.3 Å². The van der Waals surface area contributed by atoms with Crippen molar-refractivity contribution in [3.05, 3.63) is 57.8 Å². The van der Waals surface area contributed by atoms with E-state index in [1.165, 1.54) is 13.3 Å². The molecule has 0 atom stereocenters. The molecule has 2 aromatic rings. The highest BCUT2D eigenvalue weighted by molar-refractivity contribution is 5.67. The number of aromatic nitrogens is 1. The van der Waals surface area contributed by atoms with E-state index in [0.717, 1.165) is 11.3 Å². The zero-order chi connectivity index (χ0) is 16.8. The van der Waals surface area contributed by atoms with Crippen molar-refractivity contribution in [2.75, 3.05) is 12.4 Å². The van der Waals surface area contributed by atoms with E-state index in [-0.39, 0.29) is 5.69 Å². The Balaban J connectivity index is 2.02. The maximum Gasteiger partial charge on any atom is 0.407 e. The van der Waals surface area contributed by atoms with Crippen molar-refractivity contribution in [2.24, 2.45) is 0 Å². The summed E-state index contributed by atoms with van der Waals surface area (Å²) in [6, 6.07) is 8.96. The number of carbonyl (C=O) groups excluding carboxylic acids is 1. The van der Waals surface area contributed by atoms with Crippen molar-refractivity contribution < 1.29 is 14.5 Å². The van der Waals surface area contributed by atoms with Crippen LogP contribution in [0.3, 0.4) is 0 Å². The summed E-state index contributed by atoms with van der Waals surface area (Å²) in [7, 11) is 1.31. The van der Waals surface area contributed by atoms with Gasteiger partial charge in [0.1, 0.15) is 12.0 Å². The van der Waals surface area contributed by atoms with Gasteiger partial charge in [0, 0.05) is 17.8 Å². The molecule has 120 valence electrons. The van der Waals surface area contributed by atoms with Crippen molar-refractivity contribution in [1.82, 2.24) is 10.3 Å². The zero-order valence-electron chi connectivity index (χ0n) is 12.7. The molecule has 0 fully saturated rings. The Bertz CT molecular complexity index is 716. The molecule has 2 N–H and O–H groups in total. The third kappa shape index (κ3) is 4.40. The molecule has 0 bridgehead atoms. The van der Waals surface area contributed by atoms with Crippen LogP contribution in [0.15, 0.2) is 36.5 Å². The highest BCUT2D eigenvalue weighted by Crippen LogP contribution is 2.21. The standard InChI is InChI=1S/C15H16N4O4/c1-10-7-14(16-9-13(10)19(21)22)18-12-5-3-11(4-6-12)8-17-15(20)23-2/h3-7,9H,8H2,1-2H3,(H,16,18)(H,17,20). The Morgan fingerprint density at radius 3 is 2.61 bits per heavy atom. The molecule has 0 unspecified atom stereocenters. The number of amides is 1. The van der Waals surface area contributed by atoms with Crippen LogP contribution in [0.4, 0.5) is 22.0 Å². The molecule has 1 amide bonds. The zero-order valence-corrected chi connectivity index (χ0v) is 12.7. The summed E-state index contributed by atoms with van der Waals surface area (Å²) in [5.74, 6) is 0.522. The second-order valence-corrected chi connectivity index (χ2v) is 4.78. The van der Waals surface area contributed by atoms with E-state index in [2.05, 4.69) is 20.4 Å². The summed E-state index contributed by atoms with van der Waals surface area (Å²) >= 11 is 0. The van der Waals surface area contributed by atoms with Gasteiger partial charge in [0.05, 0.1) is 12.0 Å². The van der Waals surface area contributed by atoms with Crippen LogP contribution in [0.1, 0.15) is 11.1 Å². The van der Waals surface area contributed by atoms with Crippen LogP contribution < -0.4 is 10.6 Å². The molecule has 0 aliphatic carbocycles. The quantitative estimate of drug-likeness (QED) is 0.649. The van der Waals surface area contributed by atoms with Crippen LogP contribution in [0.2, 0.25) is 0 Å². The molecule has 0 saturated carbocycles. The fraction of sp³-hybridized carbons (Fsp3) is 0.200. The first-order chi connectivity index (χ1) is 11.0. The number of nitro groups is 1. The van der Waals surface area contributed by atoms with Gasteiger partial charge in [0.15, 0.2) is 0 Å². The molecule has 0 aliphatic rings. The predicted molar refractivity (Wildman–Crippen MR) is 84.6 cm³/mol. The first kappa shape index (κ1) is 16.2. The number of ether oxygens (including phenoxy) is 1. The van der Waals surface area contributed by atoms with Gasteiger partial charge in [0.25, 0.3) is 5.69 Å². The number of hydrogen-bond donors (Lipinski definition) is 2. The lowest BCUT2D eigenvalue weighted by molar-refractivity contribution is -0.385. The number of benzene rings is 1. The van der Waals surface area contributed by atoms with Crippen molar-refractivity contribution in [1.29, 1.82) is 0 Å². The Morgan fingerprint density at radius 2 is 2.04 bits per heavy atom. The lowest BCUT2D eigenvalue weighted by atomic mass is 10.2. The SMILES string of the molecule is COC(=O)NCc1ccc(Nc2cc(C)c([N+](=O)[O-])cn2)cc1. The monoisotopic (exact) mass is 316 g/mol. The Hall–Kier alpha value is -3.16. The predicted octanol–water partition coefficient (Wildman–Crippen LogP) is 2.90. The Morgan fingerprint density at radius 1 is 1.35 bits per heavy atom. The molecule has 0 saturated heterocycles. The summed E-state index contributed by atoms with van der Waals surface area (Å²) < 4.78 is 4.49. The molecule has 1 aromatic carbocycles. The van der Waals surface area contributed by atoms with Gasteiger partial charge in [-0.1, -0.05) is 12.1 Å². The number of carbonyl (C=O) groups is 1. The third-order valence-electron chi connectivity index (χ3n) is 3.13. The van der Waals surface area contributed by atoms with Gasteiger partial charge in [-0.3, -0.25) is 10.1 Å². The number of aryl methyl sites for hydroxylation is 1. The molecule has 8 nitrogen and oxygen atoms in total. The fourth-order valence-corrected chi connectivity index (χ4v) is 1.91. The average Bonchev–Trinajstić information content (AvgIpc) is 2.53. The maximum atomic E-state index is 11.0. The molecule has 0 spiro atoms. The molecule has 23 heavy (non-hydrogen) atoms. The fourth-order valence-electron chi connectivity index (χ4n) is 1.91. The van der Waals surface area contributed by atoms with Gasteiger partial charge >= 0.3 is 6.09 Å². The first-order valence-electron chi connectivity index (χ1n) is 6.78. The van der Waals surface area contributed by atoms with Crippen LogP contribution in [0, 0.1) is 17.0 Å². The van der Waals surface area contributed by atoms with Gasteiger partial charge in [-0.05, 0) is 30.7 Å². The molecule has 0 radical (unpaired) electrons. The number of methoxy groups -OCH3 is 1. The van der Waals surface area contributed by atoms with E-state index < -0.39 is 11.0 Å². The van der Waals surface area contributed by atoms with Crippen molar-refractivity contribution in [3.8, 4) is 0 Å². The first-order valence-corrected chi connectivity index (χ1v) is 6.78. The third-order valence-corrected chi connectivity index (χ3v) is 3.13. The van der Waals surface area contributed by atoms with E-state index in [9.17, 15) is 14.9 Å². The van der Waals surface area contributed by atoms with E-state index >= 15 is 0 Å². The number of alkyl carbamates (subject to hydrolysis) is 1. The summed E-state index contributed by atoms with van der Waals surface area (Å²) in [4.78, 5) is 25.3. The minimum atomic E-state index is -0.488. The molecule has 1 heterocycles. The van der Waals surface area contributed by atoms with Crippen molar-refractivity contribution in [2.45, 2.75) is 13.5 Å². The smallest absolute Gasteiger partial charge is 0.407 e. The van der Waals surface area contributed by atoms with Gasteiger partial charge in [-0.25, -0.2) is 9.78 Å². The number of nitrogens with zero attached hydrogens (tertiary/aromatic N) is 2. The van der Waals surface area contributed by atoms with Crippen LogP contribution in [-0.4, -0.2) is 23.1 Å². The summed E-state index contributed by atoms with van der Waals surface area (Å²) in [6.45, 7) is 2.02. The highest BCUT2D eigenvalue weighted by atomic mass is 16.6. The van der Waals surface area contributed by atoms with Crippen molar-refractivity contribution >= 4 is 23.3 Å². The minimum absolute atomic E-state index is 0.0141. The second-order valence-electron chi connectivity index (χ2n) is 4.78. The molecular formula is C15H16N4O4. The largest absolute Gasteiger partial charge is 0.453 e. The minimum Gasteiger partial charge on any atom is -0.453 e. The summed E-state index contributed by atoms with van der Waals surface area (Å²) in [5, 5.41) is 16.4. The Labute approximate surface area is 132 Å². The normalized spacial score (nSPS) is 10.0. The summed E-state index contributed by atoms with van der Waals surface area (Å²) in [5.41, 5.74) is 2.22. The number of pyridine rings is 1. The Kier molecular flexibility index (Phi) is 5.08. The number of anilines is 2. The van der Waals surface area contributed by atoms with Crippen LogP contribution >= 0.6 is 0 Å². The van der Waals surface area contributed by atoms with Gasteiger partial charge in [-0.2, -0.15) is 0 Å². The van der Waals surface area contributed by atoms with Crippen LogP contribution in [0.25, 0.3) is 0 Å². The maximum absolute atomic E-state index is 11.0. The number of rotatable bonds is 5. The molecule has 8 heteroatoms.